The Hall–Kier alpha value is -4.41. The van der Waals surface area contributed by atoms with Gasteiger partial charge in [-0.05, 0) is 24.6 Å². The van der Waals surface area contributed by atoms with Gasteiger partial charge in [-0.1, -0.05) is 36.4 Å². The molecule has 5 aromatic rings. The van der Waals surface area contributed by atoms with E-state index in [0.717, 1.165) is 49.2 Å². The monoisotopic (exact) mass is 494 g/mol. The molecule has 3 aromatic carbocycles. The van der Waals surface area contributed by atoms with Crippen LogP contribution in [0.4, 0.5) is 4.79 Å². The third kappa shape index (κ3) is 2.26. The van der Waals surface area contributed by atoms with Gasteiger partial charge in [-0.25, -0.2) is 10.2 Å². The Bertz CT molecular complexity index is 1920. The Morgan fingerprint density at radius 3 is 2.62 bits per heavy atom. The van der Waals surface area contributed by atoms with Crippen molar-refractivity contribution in [2.24, 2.45) is 10.8 Å². The summed E-state index contributed by atoms with van der Waals surface area (Å²) >= 11 is 0. The van der Waals surface area contributed by atoms with Crippen molar-refractivity contribution in [3.63, 3.8) is 0 Å². The van der Waals surface area contributed by atoms with Crippen LogP contribution in [0.3, 0.4) is 0 Å². The Balaban J connectivity index is 1.63. The van der Waals surface area contributed by atoms with Gasteiger partial charge in [-0.3, -0.25) is 4.79 Å². The lowest BCUT2D eigenvalue weighted by Crippen LogP contribution is -2.52. The van der Waals surface area contributed by atoms with Gasteiger partial charge >= 0.3 is 6.03 Å². The normalized spacial score (nSPS) is 26.1. The Morgan fingerprint density at radius 1 is 1.16 bits per heavy atom. The molecule has 2 aromatic heterocycles. The number of ether oxygens (including phenoxy) is 1. The molecule has 1 fully saturated rings. The number of urea groups is 1. The predicted molar refractivity (Wildman–Crippen MR) is 138 cm³/mol. The van der Waals surface area contributed by atoms with Gasteiger partial charge in [0, 0.05) is 34.5 Å². The Morgan fingerprint density at radius 2 is 1.86 bits per heavy atom. The highest BCUT2D eigenvalue weighted by atomic mass is 16.6. The van der Waals surface area contributed by atoms with Gasteiger partial charge in [0.2, 0.25) is 0 Å². The number of fused-ring (bicyclic) bond motifs is 13. The molecule has 0 aliphatic carbocycles. The van der Waals surface area contributed by atoms with E-state index in [1.54, 1.807) is 0 Å². The Kier molecular flexibility index (Phi) is 3.63. The molecule has 3 aliphatic heterocycles. The van der Waals surface area contributed by atoms with Crippen molar-refractivity contribution in [2.45, 2.75) is 37.4 Å². The highest BCUT2D eigenvalue weighted by Gasteiger charge is 2.60. The van der Waals surface area contributed by atoms with Gasteiger partial charge in [0.05, 0.1) is 33.8 Å². The van der Waals surface area contributed by atoms with E-state index in [2.05, 4.69) is 20.4 Å². The molecule has 3 aliphatic rings. The molecule has 0 spiro atoms. The minimum Gasteiger partial charge on any atom is -0.379 e. The van der Waals surface area contributed by atoms with E-state index in [4.69, 9.17) is 10.5 Å². The molecule has 2 bridgehead atoms. The summed E-state index contributed by atoms with van der Waals surface area (Å²) < 4.78 is 10.9. The van der Waals surface area contributed by atoms with Crippen LogP contribution in [0.2, 0.25) is 0 Å². The maximum Gasteiger partial charge on any atom is 0.332 e. The number of hydrazone groups is 1. The van der Waals surface area contributed by atoms with Crippen LogP contribution >= 0.6 is 0 Å². The lowest BCUT2D eigenvalue weighted by Gasteiger charge is -2.37. The van der Waals surface area contributed by atoms with Crippen molar-refractivity contribution in [3.05, 3.63) is 59.7 Å². The lowest BCUT2D eigenvalue weighted by molar-refractivity contribution is -0.151. The van der Waals surface area contributed by atoms with E-state index in [1.807, 2.05) is 60.0 Å². The van der Waals surface area contributed by atoms with Gasteiger partial charge in [-0.2, -0.15) is 5.10 Å². The van der Waals surface area contributed by atoms with E-state index >= 15 is 0 Å². The van der Waals surface area contributed by atoms with E-state index < -0.39 is 23.6 Å². The zero-order valence-corrected chi connectivity index (χ0v) is 19.8. The number of benzene rings is 3. The third-order valence-corrected chi connectivity index (χ3v) is 8.34. The summed E-state index contributed by atoms with van der Waals surface area (Å²) in [5, 5.41) is 22.9. The second-order valence-corrected chi connectivity index (χ2v) is 10.1. The molecule has 0 saturated carbocycles. The highest BCUT2D eigenvalue weighted by Crippen LogP contribution is 2.57. The summed E-state index contributed by atoms with van der Waals surface area (Å²) in [6.45, 7) is 2.26. The second kappa shape index (κ2) is 6.47. The van der Waals surface area contributed by atoms with Crippen molar-refractivity contribution in [1.82, 2.24) is 19.9 Å². The molecular weight excluding hydrogens is 472 g/mol. The van der Waals surface area contributed by atoms with E-state index in [0.29, 0.717) is 12.1 Å². The minimum absolute atomic E-state index is 0.0839. The van der Waals surface area contributed by atoms with Crippen LogP contribution in [0, 0.1) is 0 Å². The zero-order chi connectivity index (χ0) is 25.3. The molecule has 37 heavy (non-hydrogen) atoms. The average Bonchev–Trinajstić information content (AvgIpc) is 3.56. The maximum absolute atomic E-state index is 13.3. The first-order valence-electron chi connectivity index (χ1n) is 12.1. The van der Waals surface area contributed by atoms with Crippen LogP contribution < -0.4 is 16.5 Å². The number of carbonyl (C=O) groups is 2. The first-order chi connectivity index (χ1) is 17.8. The summed E-state index contributed by atoms with van der Waals surface area (Å²) in [5.41, 5.74) is 9.74. The average molecular weight is 495 g/mol. The van der Waals surface area contributed by atoms with E-state index in [-0.39, 0.29) is 12.3 Å². The summed E-state index contributed by atoms with van der Waals surface area (Å²) in [4.78, 5) is 24.6. The highest BCUT2D eigenvalue weighted by molar-refractivity contribution is 6.31. The molecule has 5 heterocycles. The third-order valence-electron chi connectivity index (χ3n) is 8.34. The first-order valence-corrected chi connectivity index (χ1v) is 12.1. The van der Waals surface area contributed by atoms with Crippen LogP contribution in [0.25, 0.3) is 43.6 Å². The molecule has 8 rings (SSSR count). The number of aromatic nitrogens is 2. The number of nitrogens with two attached hydrogens (primary N) is 1. The molecule has 184 valence electrons. The quantitative estimate of drug-likeness (QED) is 0.221. The number of nitrogens with zero attached hydrogens (tertiary/aromatic N) is 3. The summed E-state index contributed by atoms with van der Waals surface area (Å²) in [6.07, 6.45) is 0.907. The standard InChI is InChI=1S/C27H22N6O4/c1-26-27(36,12-30-31-25(28)35)10-18(37-26)32-16-8-4-2-6-13(16)20-21-15(11-29-24(21)34)19-14-7-3-5-9-17(14)33(26)23(19)22(20)32/h2-9,12,18,36H,10-11H2,1H3,(H,29,34)(H3,28,31,35)/b30-12+. The number of aliphatic hydroxyl groups is 1. The van der Waals surface area contributed by atoms with Crippen molar-refractivity contribution in [1.29, 1.82) is 0 Å². The number of amides is 3. The van der Waals surface area contributed by atoms with Crippen LogP contribution in [0.15, 0.2) is 53.6 Å². The van der Waals surface area contributed by atoms with Crippen molar-refractivity contribution < 1.29 is 19.4 Å². The van der Waals surface area contributed by atoms with Crippen molar-refractivity contribution in [3.8, 4) is 0 Å². The van der Waals surface area contributed by atoms with Crippen molar-refractivity contribution in [2.75, 3.05) is 0 Å². The van der Waals surface area contributed by atoms with Crippen LogP contribution in [-0.2, 0) is 17.0 Å². The maximum atomic E-state index is 13.3. The fourth-order valence-corrected chi connectivity index (χ4v) is 6.85. The molecule has 10 heteroatoms. The molecule has 3 unspecified atom stereocenters. The molecule has 3 amide bonds. The number of carbonyl (C=O) groups excluding carboxylic acids is 2. The van der Waals surface area contributed by atoms with Crippen molar-refractivity contribution >= 4 is 61.8 Å². The molecular formula is C27H22N6O4. The molecule has 10 nitrogen and oxygen atoms in total. The number of hydrogen-bond donors (Lipinski definition) is 4. The van der Waals surface area contributed by atoms with Gasteiger partial charge in [-0.15, -0.1) is 0 Å². The summed E-state index contributed by atoms with van der Waals surface area (Å²) in [7, 11) is 0. The largest absolute Gasteiger partial charge is 0.379 e. The van der Waals surface area contributed by atoms with Crippen LogP contribution in [0.5, 0.6) is 0 Å². The van der Waals surface area contributed by atoms with Gasteiger partial charge < -0.3 is 30.0 Å². The van der Waals surface area contributed by atoms with Crippen LogP contribution in [-0.4, -0.2) is 38.0 Å². The van der Waals surface area contributed by atoms with Gasteiger partial charge in [0.1, 0.15) is 6.23 Å². The first kappa shape index (κ1) is 20.7. The molecule has 0 radical (unpaired) electrons. The zero-order valence-electron chi connectivity index (χ0n) is 19.8. The summed E-state index contributed by atoms with van der Waals surface area (Å²) in [5.74, 6) is -0.0839. The fourth-order valence-electron chi connectivity index (χ4n) is 6.85. The summed E-state index contributed by atoms with van der Waals surface area (Å²) in [6, 6.07) is 15.1. The number of para-hydroxylation sites is 2. The number of nitrogens with one attached hydrogen (secondary N) is 2. The van der Waals surface area contributed by atoms with Gasteiger partial charge in [0.15, 0.2) is 11.3 Å². The minimum atomic E-state index is -1.60. The lowest BCUT2D eigenvalue weighted by atomic mass is 9.90. The van der Waals surface area contributed by atoms with E-state index in [9.17, 15) is 14.7 Å². The van der Waals surface area contributed by atoms with Crippen LogP contribution in [0.1, 0.15) is 35.5 Å². The Labute approximate surface area is 209 Å². The second-order valence-electron chi connectivity index (χ2n) is 10.1. The predicted octanol–water partition coefficient (Wildman–Crippen LogP) is 3.14. The van der Waals surface area contributed by atoms with Gasteiger partial charge in [0.25, 0.3) is 5.91 Å². The number of hydrogen-bond acceptors (Lipinski definition) is 5. The molecule has 5 N–H and O–H groups in total. The smallest absolute Gasteiger partial charge is 0.332 e. The van der Waals surface area contributed by atoms with E-state index in [1.165, 1.54) is 6.21 Å². The molecule has 1 saturated heterocycles. The fraction of sp³-hybridized carbons (Fsp3) is 0.222. The topological polar surface area (TPSA) is 136 Å². The molecule has 3 atom stereocenters. The SMILES string of the molecule is CC12OC(CC1(O)/C=N/NC(N)=O)n1c3ccccc3c3c4c(c5c6ccccc6n2c5c31)CNC4=O. The number of primary amides is 1. The number of rotatable bonds is 2.